The van der Waals surface area contributed by atoms with Crippen LogP contribution in [-0.2, 0) is 52.5 Å². The maximum atomic E-state index is 13.2. The van der Waals surface area contributed by atoms with Gasteiger partial charge in [0, 0.05) is 91.8 Å². The van der Waals surface area contributed by atoms with Crippen LogP contribution >= 0.6 is 0 Å². The Hall–Kier alpha value is -10.3. The molecule has 29 nitrogen and oxygen atoms in total. The van der Waals surface area contributed by atoms with Crippen LogP contribution in [0.25, 0.3) is 43.1 Å². The number of ether oxygens (including phenoxy) is 8. The van der Waals surface area contributed by atoms with Crippen LogP contribution in [0.3, 0.4) is 0 Å². The number of nitrogens with zero attached hydrogens (tertiary/aromatic N) is 5. The molecule has 0 spiro atoms. The summed E-state index contributed by atoms with van der Waals surface area (Å²) >= 11 is 0. The minimum absolute atomic E-state index is 0. The van der Waals surface area contributed by atoms with Crippen LogP contribution in [-0.4, -0.2) is 268 Å². The Kier molecular flexibility index (Phi) is 33.0. The molecule has 0 unspecified atom stereocenters. The fraction of sp³-hybridized carbons (Fsp3) is 0.427. The lowest BCUT2D eigenvalue weighted by molar-refractivity contribution is -0.149. The van der Waals surface area contributed by atoms with Crippen molar-refractivity contribution in [3.63, 3.8) is 0 Å². The normalized spacial score (nSPS) is 25.0. The quantitative estimate of drug-likeness (QED) is 0.0107. The van der Waals surface area contributed by atoms with Crippen molar-refractivity contribution in [3.8, 4) is 23.0 Å². The molecule has 8 aromatic carbocycles. The summed E-state index contributed by atoms with van der Waals surface area (Å²) in [7, 11) is -1.27. The summed E-state index contributed by atoms with van der Waals surface area (Å²) in [6.07, 6.45) is 4.75. The van der Waals surface area contributed by atoms with Crippen LogP contribution in [0.5, 0.6) is 23.0 Å². The van der Waals surface area contributed by atoms with Gasteiger partial charge in [-0.2, -0.15) is 0 Å². The van der Waals surface area contributed by atoms with Gasteiger partial charge in [-0.15, -0.1) is 13.2 Å². The van der Waals surface area contributed by atoms with E-state index >= 15 is 0 Å². The maximum Gasteiger partial charge on any atom is 0.377 e. The van der Waals surface area contributed by atoms with Crippen LogP contribution in [0.1, 0.15) is 66.2 Å². The Balaban J connectivity index is 0.000000165. The number of fused-ring (bicyclic) bond motifs is 4. The smallest absolute Gasteiger partial charge is 0.377 e. The molecule has 14 atom stereocenters. The number of amides is 2. The van der Waals surface area contributed by atoms with Crippen LogP contribution < -0.4 is 29.6 Å². The number of nitrogens with one attached hydrogen (secondary N) is 2. The fourth-order valence-electron chi connectivity index (χ4n) is 17.1. The first-order valence-electron chi connectivity index (χ1n) is 41.6. The highest BCUT2D eigenvalue weighted by atomic mass is 16.5. The van der Waals surface area contributed by atoms with E-state index in [4.69, 9.17) is 33.2 Å². The Bertz CT molecular complexity index is 4820. The molecule has 0 aromatic heterocycles. The average molecular weight is 1690 g/mol. The van der Waals surface area contributed by atoms with Crippen molar-refractivity contribution in [1.29, 1.82) is 0 Å². The number of esters is 4. The van der Waals surface area contributed by atoms with Crippen LogP contribution in [0.15, 0.2) is 195 Å². The summed E-state index contributed by atoms with van der Waals surface area (Å²) in [5.41, 5.74) is -2.12. The Labute approximate surface area is 720 Å². The first kappa shape index (κ1) is 94.9. The summed E-state index contributed by atoms with van der Waals surface area (Å²) in [4.78, 5) is 94.1. The number of hydrogen-bond donors (Lipinski definition) is 9. The van der Waals surface area contributed by atoms with E-state index in [1.165, 1.54) is 19.0 Å². The summed E-state index contributed by atoms with van der Waals surface area (Å²) < 4.78 is 44.5. The number of aliphatic hydroxyl groups excluding tert-OH is 1. The zero-order chi connectivity index (χ0) is 87.9. The minimum Gasteiger partial charge on any atom is -0.488 e. The van der Waals surface area contributed by atoms with E-state index in [0.717, 1.165) is 66.1 Å². The molecule has 34 heteroatoms. The van der Waals surface area contributed by atoms with Crippen molar-refractivity contribution in [3.05, 3.63) is 195 Å². The van der Waals surface area contributed by atoms with Gasteiger partial charge in [-0.1, -0.05) is 165 Å². The van der Waals surface area contributed by atoms with Crippen molar-refractivity contribution in [2.24, 2.45) is 11.8 Å². The van der Waals surface area contributed by atoms with E-state index in [1.807, 2.05) is 170 Å². The standard InChI is InChI=1S/2C24H29BN2O5.C17H20BNO4.C16H18BNO4.C7H14BNO4.CH4/c2*1-4-17-14-24(17,23(29)31-5-2)26-22(28)20-13-18(15-27(20)25(3)30)32-21-12-8-10-16-9-6-7-11-19(16)21;1-18(21)19-11-13(10-15(19)17(20)22-2)23-16-9-5-7-12-6-3-4-8-14(12)16;1-17(21)18-10-12(9-14(18)16(19)20)22-15-8-4-6-11-5-2-3-7-13(11)15;1-8(12)9-4-5(10)3-6(9)7(11)13-2;/h2*4,6-12,17-18,20,30H,1,5,13-15H2,2-3H3,(H,26,28);3-9,13,15,21H,10-11H2,1-2H3;2-8,12,14,21H,9-10H2,1H3,(H,19,20);5-6,10,12H,3-4H2,1-2H3;1H4/t17-,18+,20-,24-;17-,18-,20+,24-;13-,15+;12-,14+;5-,6-;/m01110./s1. The topological polar surface area (TPSA) is 375 Å². The SMILES string of the molecule is C.C=C[C@@H]1C[C@]1(NC(=O)[C@@H]1C[C@@H](Oc2cccc3ccccc23)CN1B(C)O)C(=O)OCC.C=C[C@H]1C[C@@]1(NC(=O)[C@@H]1C[C@@H](Oc2cccc3ccccc23)CN1B(C)O)C(=O)OCC.CB(O)N1C[C@H](Oc2cccc3ccccc23)C[C@H]1C(=O)O.COC(=O)[C@@H]1C[C@@H](Oc2cccc3ccccc23)CN1B(C)O.COC(=O)[C@@H]1C[C@H](O)CN1B(C)O. The molecular formula is C89H114B5N7O22. The van der Waals surface area contributed by atoms with Crippen LogP contribution in [0.2, 0.25) is 34.1 Å². The number of aliphatic carboxylic acids is 1. The number of hydrogen-bond acceptors (Lipinski definition) is 26. The summed E-state index contributed by atoms with van der Waals surface area (Å²) in [5.74, 6) is -0.454. The first-order chi connectivity index (χ1) is 58.5. The molecule has 8 aromatic rings. The van der Waals surface area contributed by atoms with E-state index < -0.39 is 107 Å². The van der Waals surface area contributed by atoms with Gasteiger partial charge in [0.25, 0.3) is 0 Å². The molecule has 5 saturated heterocycles. The van der Waals surface area contributed by atoms with Crippen molar-refractivity contribution < 1.29 is 107 Å². The minimum atomic E-state index is -1.06. The lowest BCUT2D eigenvalue weighted by Gasteiger charge is -2.26. The largest absolute Gasteiger partial charge is 0.488 e. The van der Waals surface area contributed by atoms with Gasteiger partial charge < -0.3 is 108 Å². The Morgan fingerprint density at radius 1 is 0.407 bits per heavy atom. The zero-order valence-electron chi connectivity index (χ0n) is 70.4. The molecule has 2 amide bonds. The van der Waals surface area contributed by atoms with E-state index in [-0.39, 0.29) is 74.7 Å². The molecular weight excluding hydrogens is 1570 g/mol. The van der Waals surface area contributed by atoms with Crippen molar-refractivity contribution in [2.75, 3.05) is 60.2 Å². The van der Waals surface area contributed by atoms with Gasteiger partial charge in [-0.3, -0.25) is 24.0 Å². The first-order valence-corrected chi connectivity index (χ1v) is 41.6. The second-order valence-electron chi connectivity index (χ2n) is 31.8. The number of carboxylic acid groups (broad SMARTS) is 1. The maximum absolute atomic E-state index is 13.2. The number of rotatable bonds is 26. The molecule has 7 aliphatic rings. The van der Waals surface area contributed by atoms with Gasteiger partial charge in [-0.05, 0) is 113 Å². The highest BCUT2D eigenvalue weighted by Crippen LogP contribution is 2.47. The molecule has 0 bridgehead atoms. The van der Waals surface area contributed by atoms with E-state index in [9.17, 15) is 68.9 Å². The van der Waals surface area contributed by atoms with Gasteiger partial charge in [0.1, 0.15) is 76.6 Å². The van der Waals surface area contributed by atoms with Crippen LogP contribution in [0, 0.1) is 11.8 Å². The lowest BCUT2D eigenvalue weighted by Crippen LogP contribution is -2.54. The molecule has 7 fully saturated rings. The highest BCUT2D eigenvalue weighted by molar-refractivity contribution is 6.47. The number of benzene rings is 8. The number of β-amino-alcohol motifs (C(OH)–C–C–N with tert-alkyl or cyclic N) is 1. The predicted octanol–water partition coefficient (Wildman–Crippen LogP) is 7.93. The van der Waals surface area contributed by atoms with Gasteiger partial charge in [0.2, 0.25) is 11.8 Å². The van der Waals surface area contributed by atoms with E-state index in [2.05, 4.69) is 28.5 Å². The predicted molar refractivity (Wildman–Crippen MR) is 474 cm³/mol. The van der Waals surface area contributed by atoms with Gasteiger partial charge >= 0.3 is 65.1 Å². The number of methoxy groups -OCH3 is 2. The van der Waals surface area contributed by atoms with Crippen LogP contribution in [0.4, 0.5) is 0 Å². The van der Waals surface area contributed by atoms with E-state index in [0.29, 0.717) is 77.7 Å². The third-order valence-electron chi connectivity index (χ3n) is 23.5. The zero-order valence-corrected chi connectivity index (χ0v) is 70.4. The average Bonchev–Trinajstić information content (AvgIpc) is 1.58. The highest BCUT2D eigenvalue weighted by Gasteiger charge is 2.63. The molecule has 2 saturated carbocycles. The molecule has 0 radical (unpaired) electrons. The molecule has 5 aliphatic heterocycles. The molecule has 652 valence electrons. The van der Waals surface area contributed by atoms with Crippen molar-refractivity contribution in [1.82, 2.24) is 34.7 Å². The van der Waals surface area contributed by atoms with Gasteiger partial charge in [-0.25, -0.2) is 9.59 Å². The fourth-order valence-corrected chi connectivity index (χ4v) is 17.1. The second-order valence-corrected chi connectivity index (χ2v) is 31.8. The Morgan fingerprint density at radius 3 is 0.935 bits per heavy atom. The van der Waals surface area contributed by atoms with Gasteiger partial charge in [0.05, 0.1) is 45.6 Å². The number of aliphatic hydroxyl groups is 1. The monoisotopic (exact) mass is 1690 g/mol. The summed E-state index contributed by atoms with van der Waals surface area (Å²) in [6, 6.07) is 52.4. The number of carbonyl (C=O) groups is 7. The molecule has 15 rings (SSSR count). The molecule has 9 N–H and O–H groups in total. The molecule has 5 heterocycles. The molecule has 123 heavy (non-hydrogen) atoms. The number of carbonyl (C=O) groups excluding carboxylic acids is 6. The van der Waals surface area contributed by atoms with Gasteiger partial charge in [0.15, 0.2) is 0 Å². The van der Waals surface area contributed by atoms with Crippen molar-refractivity contribution >= 4 is 120 Å². The van der Waals surface area contributed by atoms with Crippen molar-refractivity contribution in [2.45, 2.75) is 172 Å². The lowest BCUT2D eigenvalue weighted by atomic mass is 9.84. The Morgan fingerprint density at radius 2 is 0.667 bits per heavy atom. The third-order valence-corrected chi connectivity index (χ3v) is 23.5. The molecule has 2 aliphatic carbocycles. The summed E-state index contributed by atoms with van der Waals surface area (Å²) in [5, 5.41) is 82.3. The third kappa shape index (κ3) is 22.6. The number of carboxylic acids is 1. The van der Waals surface area contributed by atoms with E-state index in [1.54, 1.807) is 79.4 Å². The summed E-state index contributed by atoms with van der Waals surface area (Å²) in [6.45, 7) is 21.5. The second kappa shape index (κ2) is 42.8.